The largest absolute Gasteiger partial charge is 0.466 e. The summed E-state index contributed by atoms with van der Waals surface area (Å²) in [5.41, 5.74) is 0. The monoisotopic (exact) mass is 242 g/mol. The van der Waals surface area contributed by atoms with Gasteiger partial charge in [-0.25, -0.2) is 0 Å². The second-order valence-electron chi connectivity index (χ2n) is 5.36. The fraction of sp³-hybridized carbons (Fsp3) is 0.929. The standard InChI is InChI=1S/C14H26O3/c1-3-9-17-14(16)8-7-13(15)12-6-4-5-11(2)10-12/h11-13,15H,3-10H2,1-2H3. The number of carbonyl (C=O) groups is 1. The van der Waals surface area contributed by atoms with Crippen LogP contribution in [0.1, 0.15) is 58.8 Å². The van der Waals surface area contributed by atoms with Gasteiger partial charge in [0.2, 0.25) is 0 Å². The lowest BCUT2D eigenvalue weighted by Crippen LogP contribution is -2.26. The zero-order valence-electron chi connectivity index (χ0n) is 11.2. The molecule has 17 heavy (non-hydrogen) atoms. The molecule has 0 radical (unpaired) electrons. The van der Waals surface area contributed by atoms with Crippen molar-refractivity contribution in [1.82, 2.24) is 0 Å². The number of esters is 1. The molecule has 0 bridgehead atoms. The molecule has 0 spiro atoms. The molecule has 0 aliphatic heterocycles. The van der Waals surface area contributed by atoms with E-state index in [2.05, 4.69) is 6.92 Å². The van der Waals surface area contributed by atoms with E-state index in [4.69, 9.17) is 4.74 Å². The molecule has 0 aromatic rings. The topological polar surface area (TPSA) is 46.5 Å². The average Bonchev–Trinajstić information content (AvgIpc) is 2.33. The zero-order chi connectivity index (χ0) is 12.7. The molecule has 3 heteroatoms. The summed E-state index contributed by atoms with van der Waals surface area (Å²) in [6.45, 7) is 4.72. The maximum atomic E-state index is 11.3. The summed E-state index contributed by atoms with van der Waals surface area (Å²) in [4.78, 5) is 11.3. The molecule has 0 aromatic heterocycles. The lowest BCUT2D eigenvalue weighted by molar-refractivity contribution is -0.144. The number of carbonyl (C=O) groups excluding carboxylic acids is 1. The van der Waals surface area contributed by atoms with Gasteiger partial charge in [0.05, 0.1) is 12.7 Å². The highest BCUT2D eigenvalue weighted by atomic mass is 16.5. The summed E-state index contributed by atoms with van der Waals surface area (Å²) in [6.07, 6.45) is 6.14. The van der Waals surface area contributed by atoms with Gasteiger partial charge in [-0.2, -0.15) is 0 Å². The van der Waals surface area contributed by atoms with Crippen molar-refractivity contribution in [1.29, 1.82) is 0 Å². The van der Waals surface area contributed by atoms with Gasteiger partial charge in [-0.3, -0.25) is 4.79 Å². The van der Waals surface area contributed by atoms with Crippen LogP contribution < -0.4 is 0 Å². The third-order valence-corrected chi connectivity index (χ3v) is 3.63. The Morgan fingerprint density at radius 1 is 1.47 bits per heavy atom. The van der Waals surface area contributed by atoms with E-state index >= 15 is 0 Å². The Labute approximate surface area is 105 Å². The van der Waals surface area contributed by atoms with Gasteiger partial charge >= 0.3 is 5.97 Å². The van der Waals surface area contributed by atoms with Gasteiger partial charge in [-0.05, 0) is 37.5 Å². The number of rotatable bonds is 6. The second kappa shape index (κ2) is 7.70. The van der Waals surface area contributed by atoms with E-state index in [1.807, 2.05) is 6.92 Å². The molecular weight excluding hydrogens is 216 g/mol. The predicted molar refractivity (Wildman–Crippen MR) is 67.6 cm³/mol. The van der Waals surface area contributed by atoms with Gasteiger partial charge in [0.15, 0.2) is 0 Å². The number of hydrogen-bond donors (Lipinski definition) is 1. The number of aliphatic hydroxyl groups is 1. The van der Waals surface area contributed by atoms with E-state index in [0.717, 1.165) is 25.2 Å². The van der Waals surface area contributed by atoms with Crippen molar-refractivity contribution in [3.8, 4) is 0 Å². The molecule has 1 saturated carbocycles. The normalized spacial score (nSPS) is 26.5. The molecule has 1 fully saturated rings. The minimum atomic E-state index is -0.327. The van der Waals surface area contributed by atoms with Gasteiger partial charge in [0.25, 0.3) is 0 Å². The molecule has 0 amide bonds. The van der Waals surface area contributed by atoms with Crippen LogP contribution in [0.2, 0.25) is 0 Å². The quantitative estimate of drug-likeness (QED) is 0.728. The van der Waals surface area contributed by atoms with E-state index in [0.29, 0.717) is 25.4 Å². The van der Waals surface area contributed by atoms with Crippen molar-refractivity contribution >= 4 is 5.97 Å². The van der Waals surface area contributed by atoms with Crippen molar-refractivity contribution < 1.29 is 14.6 Å². The minimum absolute atomic E-state index is 0.172. The molecule has 1 aliphatic rings. The molecule has 1 aliphatic carbocycles. The molecule has 3 nitrogen and oxygen atoms in total. The third-order valence-electron chi connectivity index (χ3n) is 3.63. The lowest BCUT2D eigenvalue weighted by Gasteiger charge is -2.30. The summed E-state index contributed by atoms with van der Waals surface area (Å²) in [5.74, 6) is 0.933. The van der Waals surface area contributed by atoms with E-state index in [-0.39, 0.29) is 12.1 Å². The van der Waals surface area contributed by atoms with Crippen LogP contribution in [-0.2, 0) is 9.53 Å². The third kappa shape index (κ3) is 5.53. The highest BCUT2D eigenvalue weighted by molar-refractivity contribution is 5.69. The van der Waals surface area contributed by atoms with Gasteiger partial charge in [-0.15, -0.1) is 0 Å². The van der Waals surface area contributed by atoms with Crippen molar-refractivity contribution in [2.24, 2.45) is 11.8 Å². The van der Waals surface area contributed by atoms with Crippen LogP contribution in [-0.4, -0.2) is 23.8 Å². The number of ether oxygens (including phenoxy) is 1. The molecular formula is C14H26O3. The van der Waals surface area contributed by atoms with Crippen molar-refractivity contribution in [2.75, 3.05) is 6.61 Å². The molecule has 100 valence electrons. The first-order valence-corrected chi connectivity index (χ1v) is 6.97. The number of aliphatic hydroxyl groups excluding tert-OH is 1. The minimum Gasteiger partial charge on any atom is -0.466 e. The van der Waals surface area contributed by atoms with Gasteiger partial charge < -0.3 is 9.84 Å². The first kappa shape index (κ1) is 14.5. The zero-order valence-corrected chi connectivity index (χ0v) is 11.2. The van der Waals surface area contributed by atoms with Crippen LogP contribution in [0.3, 0.4) is 0 Å². The van der Waals surface area contributed by atoms with Crippen LogP contribution in [0.25, 0.3) is 0 Å². The fourth-order valence-electron chi connectivity index (χ4n) is 2.62. The number of hydrogen-bond acceptors (Lipinski definition) is 3. The molecule has 1 N–H and O–H groups in total. The van der Waals surface area contributed by atoms with Gasteiger partial charge in [0.1, 0.15) is 0 Å². The molecule has 3 unspecified atom stereocenters. The van der Waals surface area contributed by atoms with E-state index in [9.17, 15) is 9.90 Å². The van der Waals surface area contributed by atoms with E-state index in [1.54, 1.807) is 0 Å². The summed E-state index contributed by atoms with van der Waals surface area (Å²) in [5, 5.41) is 10.1. The predicted octanol–water partition coefficient (Wildman–Crippen LogP) is 2.91. The Kier molecular flexibility index (Phi) is 6.56. The fourth-order valence-corrected chi connectivity index (χ4v) is 2.62. The molecule has 0 heterocycles. The maximum Gasteiger partial charge on any atom is 0.305 e. The van der Waals surface area contributed by atoms with Crippen LogP contribution in [0.5, 0.6) is 0 Å². The summed E-state index contributed by atoms with van der Waals surface area (Å²) in [7, 11) is 0. The first-order chi connectivity index (χ1) is 8.13. The van der Waals surface area contributed by atoms with Crippen LogP contribution in [0.4, 0.5) is 0 Å². The summed E-state index contributed by atoms with van der Waals surface area (Å²) >= 11 is 0. The van der Waals surface area contributed by atoms with Crippen LogP contribution in [0.15, 0.2) is 0 Å². The van der Waals surface area contributed by atoms with Crippen molar-refractivity contribution in [3.05, 3.63) is 0 Å². The van der Waals surface area contributed by atoms with E-state index in [1.165, 1.54) is 12.8 Å². The second-order valence-corrected chi connectivity index (χ2v) is 5.36. The van der Waals surface area contributed by atoms with Crippen LogP contribution >= 0.6 is 0 Å². The summed E-state index contributed by atoms with van der Waals surface area (Å²) < 4.78 is 5.00. The average molecular weight is 242 g/mol. The Hall–Kier alpha value is -0.570. The maximum absolute atomic E-state index is 11.3. The lowest BCUT2D eigenvalue weighted by atomic mass is 9.78. The molecule has 1 rings (SSSR count). The molecule has 0 saturated heterocycles. The first-order valence-electron chi connectivity index (χ1n) is 6.97. The SMILES string of the molecule is CCCOC(=O)CCC(O)C1CCCC(C)C1. The van der Waals surface area contributed by atoms with Crippen molar-refractivity contribution in [2.45, 2.75) is 64.9 Å². The molecule has 3 atom stereocenters. The van der Waals surface area contributed by atoms with Gasteiger partial charge in [0, 0.05) is 6.42 Å². The summed E-state index contributed by atoms with van der Waals surface area (Å²) in [6, 6.07) is 0. The van der Waals surface area contributed by atoms with Crippen molar-refractivity contribution in [3.63, 3.8) is 0 Å². The van der Waals surface area contributed by atoms with E-state index < -0.39 is 0 Å². The Balaban J connectivity index is 2.19. The Bertz CT molecular complexity index is 228. The molecule has 0 aromatic carbocycles. The smallest absolute Gasteiger partial charge is 0.305 e. The highest BCUT2D eigenvalue weighted by Gasteiger charge is 2.25. The Morgan fingerprint density at radius 3 is 2.88 bits per heavy atom. The van der Waals surface area contributed by atoms with Gasteiger partial charge in [-0.1, -0.05) is 26.7 Å². The highest BCUT2D eigenvalue weighted by Crippen LogP contribution is 2.32. The van der Waals surface area contributed by atoms with Crippen LogP contribution in [0, 0.1) is 11.8 Å². The Morgan fingerprint density at radius 2 is 2.24 bits per heavy atom.